The summed E-state index contributed by atoms with van der Waals surface area (Å²) in [4.78, 5) is 0. The van der Waals surface area contributed by atoms with Crippen molar-refractivity contribution >= 4 is 0 Å². The first-order valence-electron chi connectivity index (χ1n) is 6.35. The zero-order valence-corrected chi connectivity index (χ0v) is 10.8. The van der Waals surface area contributed by atoms with Crippen molar-refractivity contribution in [1.82, 2.24) is 5.32 Å². The Bertz CT molecular complexity index is 277. The fourth-order valence-electron chi connectivity index (χ4n) is 1.57. The van der Waals surface area contributed by atoms with Gasteiger partial charge >= 0.3 is 0 Å². The van der Waals surface area contributed by atoms with Gasteiger partial charge in [0.2, 0.25) is 0 Å². The van der Waals surface area contributed by atoms with E-state index in [2.05, 4.69) is 19.2 Å². The molecular weight excluding hydrogens is 214 g/mol. The third-order valence-corrected chi connectivity index (χ3v) is 2.54. The highest BCUT2D eigenvalue weighted by molar-refractivity contribution is 5.20. The van der Waals surface area contributed by atoms with Crippen LogP contribution in [-0.4, -0.2) is 32.4 Å². The van der Waals surface area contributed by atoms with Crippen LogP contribution in [0.1, 0.15) is 20.3 Å². The molecule has 1 aromatic carbocycles. The van der Waals surface area contributed by atoms with Crippen LogP contribution in [0.3, 0.4) is 0 Å². The van der Waals surface area contributed by atoms with Crippen molar-refractivity contribution in [1.29, 1.82) is 0 Å². The van der Waals surface area contributed by atoms with Gasteiger partial charge in [0.05, 0.1) is 13.2 Å². The van der Waals surface area contributed by atoms with Gasteiger partial charge in [-0.3, -0.25) is 0 Å². The van der Waals surface area contributed by atoms with Crippen LogP contribution in [0.2, 0.25) is 0 Å². The Morgan fingerprint density at radius 2 is 1.88 bits per heavy atom. The van der Waals surface area contributed by atoms with E-state index in [0.29, 0.717) is 19.3 Å². The SMILES string of the molecule is CCNC(CC)COCCOc1ccccc1. The summed E-state index contributed by atoms with van der Waals surface area (Å²) in [5.41, 5.74) is 0. The van der Waals surface area contributed by atoms with Crippen molar-refractivity contribution < 1.29 is 9.47 Å². The second-order valence-electron chi connectivity index (χ2n) is 3.90. The number of rotatable bonds is 9. The van der Waals surface area contributed by atoms with Gasteiger partial charge < -0.3 is 14.8 Å². The molecule has 0 aromatic heterocycles. The monoisotopic (exact) mass is 237 g/mol. The molecule has 0 amide bonds. The molecule has 0 radical (unpaired) electrons. The van der Waals surface area contributed by atoms with Crippen LogP contribution < -0.4 is 10.1 Å². The molecule has 1 rings (SSSR count). The van der Waals surface area contributed by atoms with E-state index in [-0.39, 0.29) is 0 Å². The molecule has 0 aliphatic rings. The van der Waals surface area contributed by atoms with Gasteiger partial charge in [0.15, 0.2) is 0 Å². The lowest BCUT2D eigenvalue weighted by Crippen LogP contribution is -2.33. The maximum absolute atomic E-state index is 5.57. The molecule has 1 aromatic rings. The van der Waals surface area contributed by atoms with Crippen LogP contribution in [0.15, 0.2) is 30.3 Å². The van der Waals surface area contributed by atoms with E-state index in [1.165, 1.54) is 0 Å². The van der Waals surface area contributed by atoms with Crippen molar-refractivity contribution in [2.45, 2.75) is 26.3 Å². The number of nitrogens with one attached hydrogen (secondary N) is 1. The molecule has 3 heteroatoms. The van der Waals surface area contributed by atoms with E-state index in [1.54, 1.807) is 0 Å². The molecule has 17 heavy (non-hydrogen) atoms. The van der Waals surface area contributed by atoms with Crippen LogP contribution >= 0.6 is 0 Å². The van der Waals surface area contributed by atoms with Crippen LogP contribution in [0.25, 0.3) is 0 Å². The molecule has 0 aliphatic heterocycles. The van der Waals surface area contributed by atoms with E-state index >= 15 is 0 Å². The Hall–Kier alpha value is -1.06. The van der Waals surface area contributed by atoms with Gasteiger partial charge in [0, 0.05) is 6.04 Å². The number of hydrogen-bond donors (Lipinski definition) is 1. The fourth-order valence-corrected chi connectivity index (χ4v) is 1.57. The van der Waals surface area contributed by atoms with Gasteiger partial charge in [-0.1, -0.05) is 32.0 Å². The molecule has 0 spiro atoms. The summed E-state index contributed by atoms with van der Waals surface area (Å²) >= 11 is 0. The predicted molar refractivity (Wildman–Crippen MR) is 70.5 cm³/mol. The highest BCUT2D eigenvalue weighted by atomic mass is 16.5. The maximum Gasteiger partial charge on any atom is 0.119 e. The third-order valence-electron chi connectivity index (χ3n) is 2.54. The van der Waals surface area contributed by atoms with E-state index < -0.39 is 0 Å². The molecule has 1 atom stereocenters. The number of para-hydroxylation sites is 1. The molecule has 0 fully saturated rings. The summed E-state index contributed by atoms with van der Waals surface area (Å²) in [6, 6.07) is 10.3. The van der Waals surface area contributed by atoms with Crippen molar-refractivity contribution in [2.24, 2.45) is 0 Å². The highest BCUT2D eigenvalue weighted by Gasteiger charge is 2.03. The van der Waals surface area contributed by atoms with E-state index in [0.717, 1.165) is 25.3 Å². The summed E-state index contributed by atoms with van der Waals surface area (Å²) in [6.45, 7) is 7.26. The van der Waals surface area contributed by atoms with E-state index in [1.807, 2.05) is 30.3 Å². The van der Waals surface area contributed by atoms with Crippen LogP contribution in [0.4, 0.5) is 0 Å². The van der Waals surface area contributed by atoms with Gasteiger partial charge in [-0.05, 0) is 25.1 Å². The summed E-state index contributed by atoms with van der Waals surface area (Å²) in [6.07, 6.45) is 1.09. The largest absolute Gasteiger partial charge is 0.491 e. The van der Waals surface area contributed by atoms with Gasteiger partial charge in [0.1, 0.15) is 12.4 Å². The summed E-state index contributed by atoms with van der Waals surface area (Å²) < 4.78 is 11.1. The average Bonchev–Trinajstić information content (AvgIpc) is 2.38. The Morgan fingerprint density at radius 3 is 2.53 bits per heavy atom. The van der Waals surface area contributed by atoms with Gasteiger partial charge in [0.25, 0.3) is 0 Å². The van der Waals surface area contributed by atoms with Gasteiger partial charge in [-0.15, -0.1) is 0 Å². The molecule has 0 saturated carbocycles. The summed E-state index contributed by atoms with van der Waals surface area (Å²) in [5.74, 6) is 0.898. The minimum absolute atomic E-state index is 0.455. The molecule has 3 nitrogen and oxygen atoms in total. The summed E-state index contributed by atoms with van der Waals surface area (Å²) in [7, 11) is 0. The second kappa shape index (κ2) is 9.02. The number of likely N-dealkylation sites (N-methyl/N-ethyl adjacent to an activating group) is 1. The molecular formula is C14H23NO2. The minimum Gasteiger partial charge on any atom is -0.491 e. The quantitative estimate of drug-likeness (QED) is 0.669. The van der Waals surface area contributed by atoms with Crippen LogP contribution in [-0.2, 0) is 4.74 Å². The Kier molecular flexibility index (Phi) is 7.43. The molecule has 0 saturated heterocycles. The molecule has 1 N–H and O–H groups in total. The first-order valence-corrected chi connectivity index (χ1v) is 6.35. The normalized spacial score (nSPS) is 12.4. The lowest BCUT2D eigenvalue weighted by atomic mass is 10.2. The zero-order valence-electron chi connectivity index (χ0n) is 10.8. The average molecular weight is 237 g/mol. The van der Waals surface area contributed by atoms with Gasteiger partial charge in [-0.2, -0.15) is 0 Å². The third kappa shape index (κ3) is 6.29. The molecule has 96 valence electrons. The number of hydrogen-bond acceptors (Lipinski definition) is 3. The Labute approximate surface area is 104 Å². The molecule has 0 aliphatic carbocycles. The van der Waals surface area contributed by atoms with Crippen LogP contribution in [0, 0.1) is 0 Å². The Balaban J connectivity index is 2.04. The topological polar surface area (TPSA) is 30.5 Å². The molecule has 1 unspecified atom stereocenters. The second-order valence-corrected chi connectivity index (χ2v) is 3.90. The molecule has 0 bridgehead atoms. The van der Waals surface area contributed by atoms with E-state index in [4.69, 9.17) is 9.47 Å². The van der Waals surface area contributed by atoms with Crippen LogP contribution in [0.5, 0.6) is 5.75 Å². The van der Waals surface area contributed by atoms with Crippen molar-refractivity contribution in [3.05, 3.63) is 30.3 Å². The minimum atomic E-state index is 0.455. The molecule has 0 heterocycles. The lowest BCUT2D eigenvalue weighted by molar-refractivity contribution is 0.0829. The lowest BCUT2D eigenvalue weighted by Gasteiger charge is -2.15. The maximum atomic E-state index is 5.57. The van der Waals surface area contributed by atoms with Crippen molar-refractivity contribution in [3.63, 3.8) is 0 Å². The van der Waals surface area contributed by atoms with E-state index in [9.17, 15) is 0 Å². The number of benzene rings is 1. The first-order chi connectivity index (χ1) is 8.36. The van der Waals surface area contributed by atoms with Gasteiger partial charge in [-0.25, -0.2) is 0 Å². The number of ether oxygens (including phenoxy) is 2. The fraction of sp³-hybridized carbons (Fsp3) is 0.571. The Morgan fingerprint density at radius 1 is 1.12 bits per heavy atom. The first kappa shape index (κ1) is 14.0. The standard InChI is InChI=1S/C14H23NO2/c1-3-13(15-4-2)12-16-10-11-17-14-8-6-5-7-9-14/h5-9,13,15H,3-4,10-12H2,1-2H3. The zero-order chi connectivity index (χ0) is 12.3. The van der Waals surface area contributed by atoms with Crippen molar-refractivity contribution in [2.75, 3.05) is 26.4 Å². The van der Waals surface area contributed by atoms with Crippen molar-refractivity contribution in [3.8, 4) is 5.75 Å². The predicted octanol–water partition coefficient (Wildman–Crippen LogP) is 2.47. The summed E-state index contributed by atoms with van der Waals surface area (Å²) in [5, 5.41) is 3.38. The smallest absolute Gasteiger partial charge is 0.119 e. The highest BCUT2D eigenvalue weighted by Crippen LogP contribution is 2.07.